The van der Waals surface area contributed by atoms with E-state index in [0.717, 1.165) is 0 Å². The maximum absolute atomic E-state index is 13.3. The van der Waals surface area contributed by atoms with Gasteiger partial charge in [-0.2, -0.15) is 13.2 Å². The summed E-state index contributed by atoms with van der Waals surface area (Å²) in [6.07, 6.45) is -5.13. The third kappa shape index (κ3) is 3.84. The van der Waals surface area contributed by atoms with Crippen LogP contribution in [0.3, 0.4) is 0 Å². The van der Waals surface area contributed by atoms with Crippen LogP contribution < -0.4 is 10.9 Å². The van der Waals surface area contributed by atoms with Crippen LogP contribution in [0.5, 0.6) is 0 Å². The zero-order chi connectivity index (χ0) is 18.1. The van der Waals surface area contributed by atoms with Crippen molar-refractivity contribution >= 4 is 38.9 Å². The second-order valence-corrected chi connectivity index (χ2v) is 6.71. The normalized spacial score (nSPS) is 14.2. The number of carbonyl (C=O) groups is 1. The SMILES string of the molecule is Cc1csc(C(O)(CC(=O)Nc2cc(Br)c[nH]c2=O)C(F)(F)F)n1. The Morgan fingerprint density at radius 2 is 2.17 bits per heavy atom. The average Bonchev–Trinajstić information content (AvgIpc) is 2.88. The Hall–Kier alpha value is -1.72. The number of nitrogens with zero attached hydrogens (tertiary/aromatic N) is 1. The number of aryl methyl sites for hydroxylation is 1. The van der Waals surface area contributed by atoms with Gasteiger partial charge in [-0.15, -0.1) is 11.3 Å². The van der Waals surface area contributed by atoms with Gasteiger partial charge in [0.15, 0.2) is 0 Å². The lowest BCUT2D eigenvalue weighted by atomic mass is 9.99. The first-order chi connectivity index (χ1) is 11.0. The summed E-state index contributed by atoms with van der Waals surface area (Å²) in [5.41, 5.74) is -4.07. The Bertz CT molecular complexity index is 821. The Labute approximate surface area is 145 Å². The van der Waals surface area contributed by atoms with Crippen molar-refractivity contribution < 1.29 is 23.1 Å². The number of pyridine rings is 1. The van der Waals surface area contributed by atoms with Gasteiger partial charge in [0, 0.05) is 21.7 Å². The van der Waals surface area contributed by atoms with Gasteiger partial charge in [-0.1, -0.05) is 0 Å². The highest BCUT2D eigenvalue weighted by atomic mass is 79.9. The fourth-order valence-electron chi connectivity index (χ4n) is 1.82. The molecule has 0 bridgehead atoms. The second-order valence-electron chi connectivity index (χ2n) is 4.94. The highest BCUT2D eigenvalue weighted by Crippen LogP contribution is 2.42. The van der Waals surface area contributed by atoms with E-state index in [-0.39, 0.29) is 5.69 Å². The van der Waals surface area contributed by atoms with E-state index >= 15 is 0 Å². The van der Waals surface area contributed by atoms with Gasteiger partial charge < -0.3 is 15.4 Å². The lowest BCUT2D eigenvalue weighted by molar-refractivity contribution is -0.266. The molecular weight excluding hydrogens is 415 g/mol. The second kappa shape index (κ2) is 6.65. The number of halogens is 4. The Balaban J connectivity index is 2.29. The molecule has 130 valence electrons. The quantitative estimate of drug-likeness (QED) is 0.701. The van der Waals surface area contributed by atoms with E-state index in [4.69, 9.17) is 0 Å². The van der Waals surface area contributed by atoms with E-state index in [1.807, 2.05) is 0 Å². The van der Waals surface area contributed by atoms with Crippen molar-refractivity contribution in [1.29, 1.82) is 0 Å². The predicted molar refractivity (Wildman–Crippen MR) is 84.8 cm³/mol. The monoisotopic (exact) mass is 425 g/mol. The molecule has 0 aliphatic rings. The molecule has 0 saturated heterocycles. The van der Waals surface area contributed by atoms with Gasteiger partial charge in [0.25, 0.3) is 5.56 Å². The number of aromatic amines is 1. The molecule has 0 spiro atoms. The summed E-state index contributed by atoms with van der Waals surface area (Å²) in [5, 5.41) is 12.8. The van der Waals surface area contributed by atoms with Crippen LogP contribution in [0.2, 0.25) is 0 Å². The lowest BCUT2D eigenvalue weighted by Crippen LogP contribution is -2.45. The van der Waals surface area contributed by atoms with Gasteiger partial charge in [0.2, 0.25) is 11.5 Å². The first kappa shape index (κ1) is 18.6. The smallest absolute Gasteiger partial charge is 0.374 e. The minimum atomic E-state index is -5.11. The van der Waals surface area contributed by atoms with Crippen molar-refractivity contribution in [3.63, 3.8) is 0 Å². The minimum absolute atomic E-state index is 0.241. The number of thiazole rings is 1. The summed E-state index contributed by atoms with van der Waals surface area (Å²) >= 11 is 3.66. The van der Waals surface area contributed by atoms with E-state index in [0.29, 0.717) is 21.5 Å². The molecule has 2 aromatic rings. The van der Waals surface area contributed by atoms with E-state index < -0.39 is 34.7 Å². The minimum Gasteiger partial charge on any atom is -0.374 e. The van der Waals surface area contributed by atoms with Crippen molar-refractivity contribution in [3.8, 4) is 0 Å². The zero-order valence-corrected chi connectivity index (χ0v) is 14.5. The fourth-order valence-corrected chi connectivity index (χ4v) is 3.08. The topological polar surface area (TPSA) is 95.1 Å². The molecule has 3 N–H and O–H groups in total. The van der Waals surface area contributed by atoms with Crippen LogP contribution in [-0.4, -0.2) is 27.2 Å². The number of carbonyl (C=O) groups excluding carboxylic acids is 1. The summed E-state index contributed by atoms with van der Waals surface area (Å²) in [5.74, 6) is -1.17. The molecule has 0 aliphatic carbocycles. The summed E-state index contributed by atoms with van der Waals surface area (Å²) in [6, 6.07) is 1.23. The van der Waals surface area contributed by atoms with Crippen LogP contribution >= 0.6 is 27.3 Å². The predicted octanol–water partition coefficient (Wildman–Crippen LogP) is 2.68. The summed E-state index contributed by atoms with van der Waals surface area (Å²) in [4.78, 5) is 29.4. The summed E-state index contributed by atoms with van der Waals surface area (Å²) in [7, 11) is 0. The van der Waals surface area contributed by atoms with E-state index in [2.05, 4.69) is 31.2 Å². The first-order valence-corrected chi connectivity index (χ1v) is 8.10. The lowest BCUT2D eigenvalue weighted by Gasteiger charge is -2.27. The molecule has 1 atom stereocenters. The largest absolute Gasteiger partial charge is 0.424 e. The van der Waals surface area contributed by atoms with Gasteiger partial charge in [0.1, 0.15) is 10.7 Å². The highest BCUT2D eigenvalue weighted by Gasteiger charge is 2.58. The number of nitrogens with one attached hydrogen (secondary N) is 2. The highest BCUT2D eigenvalue weighted by molar-refractivity contribution is 9.10. The molecule has 2 heterocycles. The van der Waals surface area contributed by atoms with Gasteiger partial charge in [0.05, 0.1) is 6.42 Å². The van der Waals surface area contributed by atoms with Gasteiger partial charge >= 0.3 is 6.18 Å². The van der Waals surface area contributed by atoms with E-state index in [1.54, 1.807) is 0 Å². The Kier molecular flexibility index (Phi) is 5.16. The van der Waals surface area contributed by atoms with Gasteiger partial charge in [-0.25, -0.2) is 4.98 Å². The van der Waals surface area contributed by atoms with Gasteiger partial charge in [-0.3, -0.25) is 9.59 Å². The van der Waals surface area contributed by atoms with Crippen molar-refractivity contribution in [2.75, 3.05) is 5.32 Å². The first-order valence-electron chi connectivity index (χ1n) is 6.43. The number of aromatic nitrogens is 2. The van der Waals surface area contributed by atoms with E-state index in [9.17, 15) is 27.9 Å². The van der Waals surface area contributed by atoms with Crippen molar-refractivity contribution in [1.82, 2.24) is 9.97 Å². The van der Waals surface area contributed by atoms with Crippen LogP contribution in [0.15, 0.2) is 26.9 Å². The Morgan fingerprint density at radius 3 is 2.71 bits per heavy atom. The third-order valence-electron chi connectivity index (χ3n) is 3.00. The van der Waals surface area contributed by atoms with Crippen LogP contribution in [0.1, 0.15) is 17.1 Å². The summed E-state index contributed by atoms with van der Waals surface area (Å²) in [6.45, 7) is 1.47. The fraction of sp³-hybridized carbons (Fsp3) is 0.308. The number of aliphatic hydroxyl groups is 1. The number of alkyl halides is 3. The van der Waals surface area contributed by atoms with Crippen LogP contribution in [-0.2, 0) is 10.4 Å². The molecule has 0 radical (unpaired) electrons. The number of H-pyrrole nitrogens is 1. The molecule has 11 heteroatoms. The van der Waals surface area contributed by atoms with Crippen LogP contribution in [0.4, 0.5) is 18.9 Å². The molecule has 0 aliphatic heterocycles. The molecule has 0 saturated carbocycles. The van der Waals surface area contributed by atoms with Gasteiger partial charge in [-0.05, 0) is 28.9 Å². The van der Waals surface area contributed by atoms with Crippen LogP contribution in [0, 0.1) is 6.92 Å². The molecule has 6 nitrogen and oxygen atoms in total. The molecule has 0 aromatic carbocycles. The molecule has 0 fully saturated rings. The number of hydrogen-bond acceptors (Lipinski definition) is 5. The molecule has 1 unspecified atom stereocenters. The number of amides is 1. The Morgan fingerprint density at radius 1 is 1.50 bits per heavy atom. The van der Waals surface area contributed by atoms with E-state index in [1.165, 1.54) is 24.6 Å². The maximum atomic E-state index is 13.3. The maximum Gasteiger partial charge on any atom is 0.424 e. The third-order valence-corrected chi connectivity index (χ3v) is 4.57. The van der Waals surface area contributed by atoms with Crippen molar-refractivity contribution in [3.05, 3.63) is 43.2 Å². The number of anilines is 1. The molecule has 2 aromatic heterocycles. The molecular formula is C13H11BrF3N3O3S. The van der Waals surface area contributed by atoms with Crippen molar-refractivity contribution in [2.45, 2.75) is 25.1 Å². The number of rotatable bonds is 4. The molecule has 24 heavy (non-hydrogen) atoms. The number of hydrogen-bond donors (Lipinski definition) is 3. The van der Waals surface area contributed by atoms with Crippen molar-refractivity contribution in [2.24, 2.45) is 0 Å². The zero-order valence-electron chi connectivity index (χ0n) is 12.1. The molecule has 1 amide bonds. The average molecular weight is 426 g/mol. The molecule has 2 rings (SSSR count). The summed E-state index contributed by atoms with van der Waals surface area (Å²) < 4.78 is 40.3. The van der Waals surface area contributed by atoms with Crippen LogP contribution in [0.25, 0.3) is 0 Å². The standard InChI is InChI=1S/C13H11BrF3N3O3S/c1-6-5-24-11(19-6)12(23,13(15,16)17)3-9(21)20-8-2-7(14)4-18-10(8)22/h2,4-5,23H,3H2,1H3,(H,18,22)(H,20,21).